The minimum atomic E-state index is -0.185. The summed E-state index contributed by atoms with van der Waals surface area (Å²) in [7, 11) is 7.87. The highest BCUT2D eigenvalue weighted by atomic mass is 16.1. The summed E-state index contributed by atoms with van der Waals surface area (Å²) in [5.41, 5.74) is 12.5. The fraction of sp³-hybridized carbons (Fsp3) is 0.407. The SMILES string of the molecule is CN=C/C(=C\N)c1cc(C(C)NC(=O)c2cc(N3CCN(C)CC3)ccc2C)cc(N(C)C)c1. The molecule has 0 radical (unpaired) electrons. The van der Waals surface area contributed by atoms with Crippen LogP contribution in [0.5, 0.6) is 0 Å². The number of amides is 1. The predicted molar refractivity (Wildman–Crippen MR) is 144 cm³/mol. The van der Waals surface area contributed by atoms with Crippen molar-refractivity contribution in [2.45, 2.75) is 19.9 Å². The molecule has 1 aliphatic rings. The zero-order valence-corrected chi connectivity index (χ0v) is 21.3. The molecular formula is C27H38N6O. The number of nitrogens with one attached hydrogen (secondary N) is 1. The molecule has 2 aromatic carbocycles. The summed E-state index contributed by atoms with van der Waals surface area (Å²) < 4.78 is 0. The number of nitrogens with zero attached hydrogens (tertiary/aromatic N) is 4. The molecular weight excluding hydrogens is 424 g/mol. The van der Waals surface area contributed by atoms with Gasteiger partial charge >= 0.3 is 0 Å². The molecule has 1 aliphatic heterocycles. The van der Waals surface area contributed by atoms with E-state index in [1.165, 1.54) is 0 Å². The van der Waals surface area contributed by atoms with Crippen LogP contribution in [0.4, 0.5) is 11.4 Å². The number of aliphatic imine (C=N–C) groups is 1. The smallest absolute Gasteiger partial charge is 0.252 e. The Kier molecular flexibility index (Phi) is 8.34. The molecule has 3 rings (SSSR count). The number of likely N-dealkylation sites (N-methyl/N-ethyl adjacent to an activating group) is 1. The molecule has 1 heterocycles. The van der Waals surface area contributed by atoms with Gasteiger partial charge in [0.25, 0.3) is 5.91 Å². The maximum absolute atomic E-state index is 13.3. The quantitative estimate of drug-likeness (QED) is 0.618. The average molecular weight is 463 g/mol. The van der Waals surface area contributed by atoms with E-state index in [0.717, 1.165) is 59.8 Å². The second-order valence-electron chi connectivity index (χ2n) is 9.20. The molecule has 1 fully saturated rings. The van der Waals surface area contributed by atoms with Crippen molar-refractivity contribution >= 4 is 29.1 Å². The largest absolute Gasteiger partial charge is 0.404 e. The van der Waals surface area contributed by atoms with Crippen LogP contribution in [-0.2, 0) is 0 Å². The van der Waals surface area contributed by atoms with Gasteiger partial charge < -0.3 is 25.8 Å². The molecule has 182 valence electrons. The second-order valence-corrected chi connectivity index (χ2v) is 9.20. The van der Waals surface area contributed by atoms with Gasteiger partial charge in [-0.05, 0) is 67.9 Å². The fourth-order valence-electron chi connectivity index (χ4n) is 4.14. The van der Waals surface area contributed by atoms with Crippen LogP contribution >= 0.6 is 0 Å². The predicted octanol–water partition coefficient (Wildman–Crippen LogP) is 3.30. The summed E-state index contributed by atoms with van der Waals surface area (Å²) in [5, 5.41) is 3.20. The third kappa shape index (κ3) is 5.97. The monoisotopic (exact) mass is 462 g/mol. The Morgan fingerprint density at radius 3 is 2.47 bits per heavy atom. The lowest BCUT2D eigenvalue weighted by molar-refractivity contribution is 0.0939. The maximum Gasteiger partial charge on any atom is 0.252 e. The first-order chi connectivity index (χ1) is 16.2. The van der Waals surface area contributed by atoms with Crippen LogP contribution in [0, 0.1) is 6.92 Å². The van der Waals surface area contributed by atoms with E-state index in [0.29, 0.717) is 5.56 Å². The van der Waals surface area contributed by atoms with Gasteiger partial charge in [-0.3, -0.25) is 9.79 Å². The molecule has 7 nitrogen and oxygen atoms in total. The van der Waals surface area contributed by atoms with Crippen LogP contribution in [0.1, 0.15) is 40.0 Å². The number of hydrogen-bond donors (Lipinski definition) is 2. The van der Waals surface area contributed by atoms with E-state index in [1.54, 1.807) is 19.5 Å². The van der Waals surface area contributed by atoms with Crippen LogP contribution in [0.3, 0.4) is 0 Å². The molecule has 0 bridgehead atoms. The number of hydrogen-bond acceptors (Lipinski definition) is 6. The second kappa shape index (κ2) is 11.2. The Balaban J connectivity index is 1.85. The van der Waals surface area contributed by atoms with Crippen molar-refractivity contribution in [3.05, 3.63) is 64.9 Å². The number of carbonyl (C=O) groups excluding carboxylic acids is 1. The molecule has 0 aliphatic carbocycles. The van der Waals surface area contributed by atoms with Crippen LogP contribution in [0.25, 0.3) is 5.57 Å². The van der Waals surface area contributed by atoms with Crippen LogP contribution in [0.2, 0.25) is 0 Å². The number of piperazine rings is 1. The molecule has 0 spiro atoms. The molecule has 1 saturated heterocycles. The van der Waals surface area contributed by atoms with Gasteiger partial charge in [-0.25, -0.2) is 0 Å². The first-order valence-corrected chi connectivity index (χ1v) is 11.7. The van der Waals surface area contributed by atoms with E-state index >= 15 is 0 Å². The van der Waals surface area contributed by atoms with Gasteiger partial charge in [0.2, 0.25) is 0 Å². The molecule has 2 aromatic rings. The number of nitrogens with two attached hydrogens (primary N) is 1. The maximum atomic E-state index is 13.3. The Hall–Kier alpha value is -3.32. The van der Waals surface area contributed by atoms with Gasteiger partial charge in [-0.2, -0.15) is 0 Å². The van der Waals surface area contributed by atoms with Gasteiger partial charge in [0, 0.05) is 82.2 Å². The summed E-state index contributed by atoms with van der Waals surface area (Å²) in [5.74, 6) is -0.0671. The molecule has 0 saturated carbocycles. The molecule has 1 amide bonds. The number of anilines is 2. The summed E-state index contributed by atoms with van der Waals surface area (Å²) in [6.07, 6.45) is 3.30. The molecule has 0 aromatic heterocycles. The van der Waals surface area contributed by atoms with Crippen LogP contribution in [0.15, 0.2) is 47.6 Å². The fourth-order valence-corrected chi connectivity index (χ4v) is 4.14. The third-order valence-corrected chi connectivity index (χ3v) is 6.42. The summed E-state index contributed by atoms with van der Waals surface area (Å²) >= 11 is 0. The number of aryl methyl sites for hydroxylation is 1. The Morgan fingerprint density at radius 1 is 1.15 bits per heavy atom. The molecule has 34 heavy (non-hydrogen) atoms. The first kappa shape index (κ1) is 25.3. The number of carbonyl (C=O) groups is 1. The van der Waals surface area contributed by atoms with Crippen molar-refractivity contribution < 1.29 is 4.79 Å². The van der Waals surface area contributed by atoms with E-state index in [9.17, 15) is 4.79 Å². The van der Waals surface area contributed by atoms with E-state index in [-0.39, 0.29) is 11.9 Å². The van der Waals surface area contributed by atoms with E-state index in [4.69, 9.17) is 5.73 Å². The molecule has 3 N–H and O–H groups in total. The van der Waals surface area contributed by atoms with Crippen molar-refractivity contribution in [3.8, 4) is 0 Å². The van der Waals surface area contributed by atoms with Crippen molar-refractivity contribution in [1.29, 1.82) is 0 Å². The van der Waals surface area contributed by atoms with Crippen molar-refractivity contribution in [3.63, 3.8) is 0 Å². The summed E-state index contributed by atoms with van der Waals surface area (Å²) in [6, 6.07) is 12.2. The lowest BCUT2D eigenvalue weighted by Gasteiger charge is -2.34. The number of rotatable bonds is 7. The Bertz CT molecular complexity index is 1070. The highest BCUT2D eigenvalue weighted by Crippen LogP contribution is 2.27. The van der Waals surface area contributed by atoms with Gasteiger partial charge in [0.1, 0.15) is 0 Å². The van der Waals surface area contributed by atoms with Crippen LogP contribution < -0.4 is 20.9 Å². The number of benzene rings is 2. The Morgan fingerprint density at radius 2 is 1.85 bits per heavy atom. The third-order valence-electron chi connectivity index (χ3n) is 6.42. The first-order valence-electron chi connectivity index (χ1n) is 11.7. The van der Waals surface area contributed by atoms with Crippen molar-refractivity contribution in [1.82, 2.24) is 10.2 Å². The van der Waals surface area contributed by atoms with Crippen LogP contribution in [-0.4, -0.2) is 71.4 Å². The van der Waals surface area contributed by atoms with Gasteiger partial charge in [0.05, 0.1) is 6.04 Å². The van der Waals surface area contributed by atoms with Crippen molar-refractivity contribution in [2.24, 2.45) is 10.7 Å². The summed E-state index contributed by atoms with van der Waals surface area (Å²) in [6.45, 7) is 7.98. The van der Waals surface area contributed by atoms with E-state index in [1.807, 2.05) is 45.0 Å². The zero-order chi connectivity index (χ0) is 24.8. The standard InChI is InChI=1S/C27H38N6O/c1-19-7-8-24(33-11-9-32(6)10-12-33)16-26(19)27(34)30-20(2)21-13-22(23(17-28)18-29-3)15-25(14-21)31(4)5/h7-8,13-18,20H,9-12,28H2,1-6H3,(H,30,34)/b23-17+,29-18?. The highest BCUT2D eigenvalue weighted by molar-refractivity contribution is 6.10. The normalized spacial score (nSPS) is 16.1. The zero-order valence-electron chi connectivity index (χ0n) is 21.3. The molecule has 1 unspecified atom stereocenters. The van der Waals surface area contributed by atoms with Gasteiger partial charge in [-0.15, -0.1) is 0 Å². The average Bonchev–Trinajstić information content (AvgIpc) is 2.83. The lowest BCUT2D eigenvalue weighted by atomic mass is 9.98. The minimum absolute atomic E-state index is 0.0671. The van der Waals surface area contributed by atoms with E-state index < -0.39 is 0 Å². The molecule has 7 heteroatoms. The Labute approximate surface area is 203 Å². The van der Waals surface area contributed by atoms with Gasteiger partial charge in [-0.1, -0.05) is 6.07 Å². The highest BCUT2D eigenvalue weighted by Gasteiger charge is 2.19. The summed E-state index contributed by atoms with van der Waals surface area (Å²) in [4.78, 5) is 24.2. The minimum Gasteiger partial charge on any atom is -0.404 e. The topological polar surface area (TPSA) is 77.2 Å². The van der Waals surface area contributed by atoms with Crippen molar-refractivity contribution in [2.75, 3.05) is 64.2 Å². The van der Waals surface area contributed by atoms with Gasteiger partial charge in [0.15, 0.2) is 0 Å². The molecule has 1 atom stereocenters. The van der Waals surface area contributed by atoms with E-state index in [2.05, 4.69) is 51.4 Å². The number of allylic oxidation sites excluding steroid dienone is 1. The lowest BCUT2D eigenvalue weighted by Crippen LogP contribution is -2.44.